The van der Waals surface area contributed by atoms with Crippen molar-refractivity contribution in [2.45, 2.75) is 63.2 Å². The first kappa shape index (κ1) is 26.0. The third-order valence-electron chi connectivity index (χ3n) is 6.30. The zero-order valence-electron chi connectivity index (χ0n) is 21.4. The van der Waals surface area contributed by atoms with Crippen LogP contribution in [-0.4, -0.2) is 24.8 Å². The summed E-state index contributed by atoms with van der Waals surface area (Å²) in [5.41, 5.74) is 4.51. The SMILES string of the molecule is Cc1ccc(S(=O)(=O)n2cc(-c3cc(C(C)C)n(S(=O)(=O)c4ccc(C)cc4)c3)cc2C(C)C)cc1. The minimum atomic E-state index is -3.82. The average molecular weight is 525 g/mol. The van der Waals surface area contributed by atoms with Crippen LogP contribution in [-0.2, 0) is 20.0 Å². The lowest BCUT2D eigenvalue weighted by atomic mass is 10.1. The van der Waals surface area contributed by atoms with E-state index in [0.29, 0.717) is 22.5 Å². The van der Waals surface area contributed by atoms with Gasteiger partial charge < -0.3 is 0 Å². The molecule has 2 heterocycles. The topological polar surface area (TPSA) is 78.1 Å². The largest absolute Gasteiger partial charge is 0.267 e. The van der Waals surface area contributed by atoms with E-state index in [4.69, 9.17) is 0 Å². The third kappa shape index (κ3) is 4.67. The Morgan fingerprint density at radius 1 is 0.556 bits per heavy atom. The van der Waals surface area contributed by atoms with Crippen molar-refractivity contribution >= 4 is 20.0 Å². The summed E-state index contributed by atoms with van der Waals surface area (Å²) in [5, 5.41) is 0. The fourth-order valence-electron chi connectivity index (χ4n) is 4.14. The van der Waals surface area contributed by atoms with Gasteiger partial charge in [-0.25, -0.2) is 24.8 Å². The first-order chi connectivity index (χ1) is 16.8. The van der Waals surface area contributed by atoms with E-state index in [2.05, 4.69) is 0 Å². The minimum absolute atomic E-state index is 0.0677. The monoisotopic (exact) mass is 524 g/mol. The van der Waals surface area contributed by atoms with Crippen LogP contribution in [0.25, 0.3) is 11.1 Å². The van der Waals surface area contributed by atoms with E-state index in [-0.39, 0.29) is 21.6 Å². The quantitative estimate of drug-likeness (QED) is 0.284. The summed E-state index contributed by atoms with van der Waals surface area (Å²) in [6.45, 7) is 11.6. The Labute approximate surface area is 214 Å². The van der Waals surface area contributed by atoms with Gasteiger partial charge in [0.15, 0.2) is 0 Å². The van der Waals surface area contributed by atoms with E-state index in [0.717, 1.165) is 11.1 Å². The molecular formula is C28H32N2O4S2. The second-order valence-electron chi connectivity index (χ2n) is 9.84. The van der Waals surface area contributed by atoms with E-state index in [9.17, 15) is 16.8 Å². The molecule has 0 amide bonds. The van der Waals surface area contributed by atoms with Crippen molar-refractivity contribution < 1.29 is 16.8 Å². The van der Waals surface area contributed by atoms with Crippen LogP contribution >= 0.6 is 0 Å². The lowest BCUT2D eigenvalue weighted by molar-refractivity contribution is 0.581. The number of rotatable bonds is 7. The standard InChI is InChI=1S/C28H32N2O4S2/c1-19(2)27-15-23(17-29(27)35(31,32)25-11-7-21(5)8-12-25)24-16-28(20(3)4)30(18-24)36(33,34)26-13-9-22(6)10-14-26/h7-20H,1-6H3. The molecule has 0 spiro atoms. The molecule has 0 N–H and O–H groups in total. The molecule has 4 aromatic rings. The van der Waals surface area contributed by atoms with Crippen LogP contribution in [0.4, 0.5) is 0 Å². The van der Waals surface area contributed by atoms with Crippen molar-refractivity contribution in [3.8, 4) is 11.1 Å². The summed E-state index contributed by atoms with van der Waals surface area (Å²) in [7, 11) is -7.64. The van der Waals surface area contributed by atoms with Crippen LogP contribution in [0.1, 0.15) is 62.0 Å². The van der Waals surface area contributed by atoms with Gasteiger partial charge in [-0.05, 0) is 62.1 Å². The number of hydrogen-bond acceptors (Lipinski definition) is 4. The second kappa shape index (κ2) is 9.41. The summed E-state index contributed by atoms with van der Waals surface area (Å²) in [6.07, 6.45) is 3.18. The molecule has 190 valence electrons. The van der Waals surface area contributed by atoms with Crippen molar-refractivity contribution in [1.29, 1.82) is 0 Å². The fourth-order valence-corrected chi connectivity index (χ4v) is 7.15. The molecule has 4 rings (SSSR count). The average Bonchev–Trinajstić information content (AvgIpc) is 3.46. The number of hydrogen-bond donors (Lipinski definition) is 0. The van der Waals surface area contributed by atoms with Crippen LogP contribution in [0, 0.1) is 13.8 Å². The molecule has 0 atom stereocenters. The first-order valence-corrected chi connectivity index (χ1v) is 14.8. The van der Waals surface area contributed by atoms with Crippen LogP contribution in [0.15, 0.2) is 82.8 Å². The zero-order valence-corrected chi connectivity index (χ0v) is 23.1. The molecule has 6 nitrogen and oxygen atoms in total. The highest BCUT2D eigenvalue weighted by molar-refractivity contribution is 7.90. The van der Waals surface area contributed by atoms with Crippen molar-refractivity contribution in [2.75, 3.05) is 0 Å². The predicted octanol–water partition coefficient (Wildman–Crippen LogP) is 6.29. The number of aromatic nitrogens is 2. The number of nitrogens with zero attached hydrogens (tertiary/aromatic N) is 2. The highest BCUT2D eigenvalue weighted by Crippen LogP contribution is 2.34. The molecule has 0 unspecified atom stereocenters. The van der Waals surface area contributed by atoms with Crippen LogP contribution in [0.3, 0.4) is 0 Å². The van der Waals surface area contributed by atoms with E-state index < -0.39 is 20.0 Å². The van der Waals surface area contributed by atoms with Crippen molar-refractivity contribution in [3.63, 3.8) is 0 Å². The highest BCUT2D eigenvalue weighted by atomic mass is 32.2. The minimum Gasteiger partial charge on any atom is -0.245 e. The Bertz CT molecular complexity index is 1480. The molecule has 0 bridgehead atoms. The molecule has 36 heavy (non-hydrogen) atoms. The van der Waals surface area contributed by atoms with Gasteiger partial charge in [0.25, 0.3) is 20.0 Å². The normalized spacial score (nSPS) is 12.6. The molecule has 0 saturated heterocycles. The smallest absolute Gasteiger partial charge is 0.245 e. The van der Waals surface area contributed by atoms with Crippen LogP contribution in [0.5, 0.6) is 0 Å². The van der Waals surface area contributed by atoms with E-state index in [1.165, 1.54) is 7.94 Å². The molecule has 0 fully saturated rings. The highest BCUT2D eigenvalue weighted by Gasteiger charge is 2.26. The summed E-state index contributed by atoms with van der Waals surface area (Å²) in [5.74, 6) is -0.135. The molecule has 2 aromatic carbocycles. The Morgan fingerprint density at radius 3 is 1.14 bits per heavy atom. The summed E-state index contributed by atoms with van der Waals surface area (Å²) < 4.78 is 56.8. The van der Waals surface area contributed by atoms with E-state index in [1.807, 2.05) is 53.7 Å². The maximum atomic E-state index is 13.5. The van der Waals surface area contributed by atoms with E-state index >= 15 is 0 Å². The second-order valence-corrected chi connectivity index (χ2v) is 13.5. The van der Waals surface area contributed by atoms with Gasteiger partial charge in [-0.1, -0.05) is 63.1 Å². The molecule has 0 aliphatic rings. The molecule has 2 aromatic heterocycles. The van der Waals surface area contributed by atoms with Crippen molar-refractivity contribution in [1.82, 2.24) is 7.94 Å². The fraction of sp³-hybridized carbons (Fsp3) is 0.286. The zero-order chi connectivity index (χ0) is 26.4. The maximum Gasteiger partial charge on any atom is 0.267 e. The lowest BCUT2D eigenvalue weighted by Crippen LogP contribution is -2.15. The third-order valence-corrected chi connectivity index (χ3v) is 9.70. The van der Waals surface area contributed by atoms with Gasteiger partial charge in [0, 0.05) is 34.9 Å². The van der Waals surface area contributed by atoms with Gasteiger partial charge in [-0.3, -0.25) is 0 Å². The lowest BCUT2D eigenvalue weighted by Gasteiger charge is -2.12. The van der Waals surface area contributed by atoms with Crippen molar-refractivity contribution in [3.05, 3.63) is 95.6 Å². The van der Waals surface area contributed by atoms with Gasteiger partial charge in [0.1, 0.15) is 0 Å². The van der Waals surface area contributed by atoms with Gasteiger partial charge in [0.05, 0.1) is 9.79 Å². The Morgan fingerprint density at radius 2 is 0.861 bits per heavy atom. The maximum absolute atomic E-state index is 13.5. The molecular weight excluding hydrogens is 492 g/mol. The van der Waals surface area contributed by atoms with Crippen molar-refractivity contribution in [2.24, 2.45) is 0 Å². The van der Waals surface area contributed by atoms with Crippen LogP contribution in [0.2, 0.25) is 0 Å². The molecule has 0 saturated carbocycles. The van der Waals surface area contributed by atoms with Crippen LogP contribution < -0.4 is 0 Å². The van der Waals surface area contributed by atoms with Gasteiger partial charge >= 0.3 is 0 Å². The molecule has 0 aliphatic heterocycles. The molecule has 8 heteroatoms. The summed E-state index contributed by atoms with van der Waals surface area (Å²) in [6, 6.07) is 17.2. The molecule has 0 aliphatic carbocycles. The van der Waals surface area contributed by atoms with E-state index in [1.54, 1.807) is 60.9 Å². The Kier molecular flexibility index (Phi) is 6.79. The Balaban J connectivity index is 1.87. The van der Waals surface area contributed by atoms with Gasteiger partial charge in [0.2, 0.25) is 0 Å². The summed E-state index contributed by atoms with van der Waals surface area (Å²) >= 11 is 0. The van der Waals surface area contributed by atoms with Gasteiger partial charge in [-0.15, -0.1) is 0 Å². The summed E-state index contributed by atoms with van der Waals surface area (Å²) in [4.78, 5) is 0.416. The Hall–Kier alpha value is -3.10. The molecule has 0 radical (unpaired) electrons. The first-order valence-electron chi connectivity index (χ1n) is 11.9. The van der Waals surface area contributed by atoms with Gasteiger partial charge in [-0.2, -0.15) is 0 Å². The predicted molar refractivity (Wildman–Crippen MR) is 144 cm³/mol. The number of benzene rings is 2. The number of aryl methyl sites for hydroxylation is 2.